The maximum Gasteiger partial charge on any atom is 0.237 e. The predicted octanol–water partition coefficient (Wildman–Crippen LogP) is 2.08. The fraction of sp³-hybridized carbons (Fsp3) is 0.438. The van der Waals surface area contributed by atoms with Crippen molar-refractivity contribution in [3.05, 3.63) is 30.1 Å². The topological polar surface area (TPSA) is 92.1 Å². The Labute approximate surface area is 139 Å². The van der Waals surface area contributed by atoms with Crippen LogP contribution >= 0.6 is 11.8 Å². The van der Waals surface area contributed by atoms with E-state index in [1.165, 1.54) is 16.7 Å². The molecule has 1 aromatic carbocycles. The molecule has 1 atom stereocenters. The van der Waals surface area contributed by atoms with E-state index in [-0.39, 0.29) is 29.5 Å². The maximum absolute atomic E-state index is 12.3. The summed E-state index contributed by atoms with van der Waals surface area (Å²) in [6.07, 6.45) is 0. The molecule has 2 rings (SSSR count). The molecule has 0 bridgehead atoms. The lowest BCUT2D eigenvalue weighted by Crippen LogP contribution is -2.43. The number of thioether (sulfide) groups is 1. The number of carbonyl (C=O) groups is 2. The third-order valence-corrected chi connectivity index (χ3v) is 4.66. The molecule has 1 unspecified atom stereocenters. The number of aromatic nitrogens is 2. The molecule has 6 nitrogen and oxygen atoms in total. The van der Waals surface area contributed by atoms with Gasteiger partial charge in [0.1, 0.15) is 5.82 Å². The fourth-order valence-electron chi connectivity index (χ4n) is 2.25. The van der Waals surface area contributed by atoms with Crippen LogP contribution in [0, 0.1) is 0 Å². The Hall–Kier alpha value is -2.02. The SMILES string of the molecule is CC(SCC(=O)N(CC(N)=O)C(C)C)c1nc2ccccc2[nH]1. The summed E-state index contributed by atoms with van der Waals surface area (Å²) < 4.78 is 0. The predicted molar refractivity (Wildman–Crippen MR) is 93.0 cm³/mol. The van der Waals surface area contributed by atoms with Crippen LogP contribution in [0.1, 0.15) is 31.8 Å². The van der Waals surface area contributed by atoms with E-state index in [1.807, 2.05) is 45.0 Å². The molecule has 1 heterocycles. The van der Waals surface area contributed by atoms with Crippen LogP contribution in [0.3, 0.4) is 0 Å². The number of hydrogen-bond donors (Lipinski definition) is 2. The first kappa shape index (κ1) is 17.3. The first-order chi connectivity index (χ1) is 10.9. The Kier molecular flexibility index (Phi) is 5.65. The van der Waals surface area contributed by atoms with Crippen molar-refractivity contribution in [2.75, 3.05) is 12.3 Å². The van der Waals surface area contributed by atoms with Crippen molar-refractivity contribution in [3.8, 4) is 0 Å². The zero-order valence-corrected chi connectivity index (χ0v) is 14.4. The summed E-state index contributed by atoms with van der Waals surface area (Å²) >= 11 is 1.49. The number of nitrogens with one attached hydrogen (secondary N) is 1. The summed E-state index contributed by atoms with van der Waals surface area (Å²) in [4.78, 5) is 32.7. The second kappa shape index (κ2) is 7.50. The van der Waals surface area contributed by atoms with Crippen molar-refractivity contribution >= 4 is 34.6 Å². The van der Waals surface area contributed by atoms with Gasteiger partial charge in [-0.15, -0.1) is 11.8 Å². The van der Waals surface area contributed by atoms with Gasteiger partial charge in [0.15, 0.2) is 0 Å². The van der Waals surface area contributed by atoms with Crippen molar-refractivity contribution in [1.29, 1.82) is 0 Å². The number of amides is 2. The van der Waals surface area contributed by atoms with Gasteiger partial charge in [-0.25, -0.2) is 4.98 Å². The Morgan fingerprint density at radius 3 is 2.61 bits per heavy atom. The summed E-state index contributed by atoms with van der Waals surface area (Å²) in [5.74, 6) is 0.535. The molecule has 0 saturated carbocycles. The van der Waals surface area contributed by atoms with E-state index in [2.05, 4.69) is 9.97 Å². The van der Waals surface area contributed by atoms with Crippen molar-refractivity contribution in [2.45, 2.75) is 32.1 Å². The van der Waals surface area contributed by atoms with Gasteiger partial charge in [0.2, 0.25) is 11.8 Å². The van der Waals surface area contributed by atoms with Crippen LogP contribution < -0.4 is 5.73 Å². The normalized spacial score (nSPS) is 12.5. The largest absolute Gasteiger partial charge is 0.368 e. The monoisotopic (exact) mass is 334 g/mol. The number of nitrogens with two attached hydrogens (primary N) is 1. The van der Waals surface area contributed by atoms with Crippen molar-refractivity contribution < 1.29 is 9.59 Å². The van der Waals surface area contributed by atoms with Crippen LogP contribution in [-0.2, 0) is 9.59 Å². The lowest BCUT2D eigenvalue weighted by molar-refractivity contribution is -0.134. The minimum atomic E-state index is -0.498. The molecule has 7 heteroatoms. The molecule has 3 N–H and O–H groups in total. The first-order valence-corrected chi connectivity index (χ1v) is 8.57. The zero-order chi connectivity index (χ0) is 17.0. The van der Waals surface area contributed by atoms with Gasteiger partial charge in [-0.1, -0.05) is 12.1 Å². The van der Waals surface area contributed by atoms with Gasteiger partial charge >= 0.3 is 0 Å². The van der Waals surface area contributed by atoms with E-state index < -0.39 is 5.91 Å². The Balaban J connectivity index is 1.98. The molecule has 0 fully saturated rings. The molecule has 1 aromatic heterocycles. The van der Waals surface area contributed by atoms with E-state index in [4.69, 9.17) is 5.73 Å². The third-order valence-electron chi connectivity index (χ3n) is 3.52. The molecule has 0 spiro atoms. The lowest BCUT2D eigenvalue weighted by Gasteiger charge is -2.25. The van der Waals surface area contributed by atoms with Crippen LogP contribution in [0.25, 0.3) is 11.0 Å². The highest BCUT2D eigenvalue weighted by Gasteiger charge is 2.20. The third kappa shape index (κ3) is 4.48. The zero-order valence-electron chi connectivity index (χ0n) is 13.6. The van der Waals surface area contributed by atoms with Crippen molar-refractivity contribution in [2.24, 2.45) is 5.73 Å². The van der Waals surface area contributed by atoms with Gasteiger partial charge < -0.3 is 15.6 Å². The van der Waals surface area contributed by atoms with E-state index >= 15 is 0 Å². The number of H-pyrrole nitrogens is 1. The van der Waals surface area contributed by atoms with E-state index in [9.17, 15) is 9.59 Å². The van der Waals surface area contributed by atoms with Gasteiger partial charge in [-0.05, 0) is 32.9 Å². The van der Waals surface area contributed by atoms with Crippen LogP contribution in [-0.4, -0.2) is 45.0 Å². The van der Waals surface area contributed by atoms with Crippen molar-refractivity contribution in [3.63, 3.8) is 0 Å². The van der Waals surface area contributed by atoms with Crippen LogP contribution in [0.5, 0.6) is 0 Å². The van der Waals surface area contributed by atoms with E-state index in [0.29, 0.717) is 0 Å². The van der Waals surface area contributed by atoms with E-state index in [1.54, 1.807) is 0 Å². The Morgan fingerprint density at radius 1 is 1.30 bits per heavy atom. The second-order valence-electron chi connectivity index (χ2n) is 5.67. The summed E-state index contributed by atoms with van der Waals surface area (Å²) in [6, 6.07) is 7.76. The fourth-order valence-corrected chi connectivity index (χ4v) is 3.08. The smallest absolute Gasteiger partial charge is 0.237 e. The number of primary amides is 1. The molecular weight excluding hydrogens is 312 g/mol. The summed E-state index contributed by atoms with van der Waals surface area (Å²) in [5.41, 5.74) is 7.10. The molecule has 0 aliphatic heterocycles. The minimum Gasteiger partial charge on any atom is -0.368 e. The Bertz CT molecular complexity index is 665. The minimum absolute atomic E-state index is 0.0456. The van der Waals surface area contributed by atoms with Crippen LogP contribution in [0.15, 0.2) is 24.3 Å². The molecular formula is C16H22N4O2S. The molecule has 2 aromatic rings. The molecule has 124 valence electrons. The van der Waals surface area contributed by atoms with Crippen LogP contribution in [0.4, 0.5) is 0 Å². The average molecular weight is 334 g/mol. The maximum atomic E-state index is 12.3. The number of hydrogen-bond acceptors (Lipinski definition) is 4. The number of fused-ring (bicyclic) bond motifs is 1. The Morgan fingerprint density at radius 2 is 2.00 bits per heavy atom. The van der Waals surface area contributed by atoms with Gasteiger partial charge in [0.25, 0.3) is 0 Å². The molecule has 0 aliphatic rings. The summed E-state index contributed by atoms with van der Waals surface area (Å²) in [7, 11) is 0. The highest BCUT2D eigenvalue weighted by atomic mass is 32.2. The highest BCUT2D eigenvalue weighted by molar-refractivity contribution is 8.00. The summed E-state index contributed by atoms with van der Waals surface area (Å²) in [5, 5.41) is 0.0499. The number of benzene rings is 1. The average Bonchev–Trinajstić information content (AvgIpc) is 2.93. The standard InChI is InChI=1S/C16H22N4O2S/c1-10(2)20(8-14(17)21)15(22)9-23-11(3)16-18-12-6-4-5-7-13(12)19-16/h4-7,10-11H,8-9H2,1-3H3,(H2,17,21)(H,18,19). The van der Waals surface area contributed by atoms with Gasteiger partial charge in [0.05, 0.1) is 28.6 Å². The van der Waals surface area contributed by atoms with Crippen LogP contribution in [0.2, 0.25) is 0 Å². The number of rotatable bonds is 7. The van der Waals surface area contributed by atoms with Gasteiger partial charge in [-0.3, -0.25) is 9.59 Å². The quantitative estimate of drug-likeness (QED) is 0.811. The second-order valence-corrected chi connectivity index (χ2v) is 7.00. The highest BCUT2D eigenvalue weighted by Crippen LogP contribution is 2.28. The number of carbonyl (C=O) groups excluding carboxylic acids is 2. The van der Waals surface area contributed by atoms with Gasteiger partial charge in [0, 0.05) is 6.04 Å². The molecule has 0 saturated heterocycles. The number of aromatic amines is 1. The summed E-state index contributed by atoms with van der Waals surface area (Å²) in [6.45, 7) is 5.70. The first-order valence-electron chi connectivity index (χ1n) is 7.52. The van der Waals surface area contributed by atoms with E-state index in [0.717, 1.165) is 16.9 Å². The molecule has 0 aliphatic carbocycles. The molecule has 0 radical (unpaired) electrons. The number of imidazole rings is 1. The molecule has 2 amide bonds. The van der Waals surface area contributed by atoms with Crippen molar-refractivity contribution in [1.82, 2.24) is 14.9 Å². The lowest BCUT2D eigenvalue weighted by atomic mass is 10.3. The number of nitrogens with zero attached hydrogens (tertiary/aromatic N) is 2. The molecule has 23 heavy (non-hydrogen) atoms. The van der Waals surface area contributed by atoms with Gasteiger partial charge in [-0.2, -0.15) is 0 Å². The number of para-hydroxylation sites is 2.